The SMILES string of the molecule is O=C(O)c1ccc2ccn(C3COC3)c2c1. The van der Waals surface area contributed by atoms with Gasteiger partial charge in [-0.1, -0.05) is 6.07 Å². The van der Waals surface area contributed by atoms with Gasteiger partial charge in [-0.15, -0.1) is 0 Å². The summed E-state index contributed by atoms with van der Waals surface area (Å²) in [6.07, 6.45) is 1.99. The Morgan fingerprint density at radius 3 is 2.81 bits per heavy atom. The van der Waals surface area contributed by atoms with E-state index < -0.39 is 5.97 Å². The molecule has 1 N–H and O–H groups in total. The van der Waals surface area contributed by atoms with Crippen LogP contribution in [0.2, 0.25) is 0 Å². The van der Waals surface area contributed by atoms with Gasteiger partial charge in [-0.25, -0.2) is 4.79 Å². The number of rotatable bonds is 2. The lowest BCUT2D eigenvalue weighted by Gasteiger charge is -2.28. The number of ether oxygens (including phenoxy) is 1. The molecule has 0 unspecified atom stereocenters. The zero-order valence-electron chi connectivity index (χ0n) is 8.59. The standard InChI is InChI=1S/C12H11NO3/c14-12(15)9-2-1-8-3-4-13(11(8)5-9)10-6-16-7-10/h1-5,10H,6-7H2,(H,14,15). The van der Waals surface area contributed by atoms with Gasteiger partial charge in [0.2, 0.25) is 0 Å². The molecule has 1 aliphatic heterocycles. The molecule has 16 heavy (non-hydrogen) atoms. The highest BCUT2D eigenvalue weighted by Gasteiger charge is 2.21. The number of carboxylic acid groups (broad SMARTS) is 1. The molecule has 2 heterocycles. The van der Waals surface area contributed by atoms with Gasteiger partial charge in [-0.05, 0) is 23.6 Å². The zero-order chi connectivity index (χ0) is 11.1. The Bertz CT molecular complexity index is 554. The van der Waals surface area contributed by atoms with Crippen LogP contribution in [0.4, 0.5) is 0 Å². The van der Waals surface area contributed by atoms with E-state index in [0.29, 0.717) is 24.8 Å². The normalized spacial score (nSPS) is 16.2. The first-order chi connectivity index (χ1) is 7.75. The fourth-order valence-corrected chi connectivity index (χ4v) is 1.98. The van der Waals surface area contributed by atoms with Gasteiger partial charge in [0.1, 0.15) is 0 Å². The molecule has 4 heteroatoms. The van der Waals surface area contributed by atoms with Gasteiger partial charge in [-0.2, -0.15) is 0 Å². The van der Waals surface area contributed by atoms with Crippen molar-refractivity contribution < 1.29 is 14.6 Å². The number of aromatic carboxylic acids is 1. The predicted octanol–water partition coefficient (Wildman–Crippen LogP) is 1.91. The van der Waals surface area contributed by atoms with Crippen molar-refractivity contribution in [2.75, 3.05) is 13.2 Å². The second-order valence-corrected chi connectivity index (χ2v) is 3.99. The van der Waals surface area contributed by atoms with E-state index in [0.717, 1.165) is 10.9 Å². The fraction of sp³-hybridized carbons (Fsp3) is 0.250. The average Bonchev–Trinajstić information content (AvgIpc) is 2.59. The van der Waals surface area contributed by atoms with E-state index in [1.807, 2.05) is 18.3 Å². The first kappa shape index (κ1) is 9.42. The summed E-state index contributed by atoms with van der Waals surface area (Å²) in [4.78, 5) is 10.9. The Labute approximate surface area is 92.1 Å². The summed E-state index contributed by atoms with van der Waals surface area (Å²) in [5.41, 5.74) is 1.29. The summed E-state index contributed by atoms with van der Waals surface area (Å²) in [5.74, 6) is -0.889. The number of nitrogens with zero attached hydrogens (tertiary/aromatic N) is 1. The van der Waals surface area contributed by atoms with E-state index >= 15 is 0 Å². The first-order valence-electron chi connectivity index (χ1n) is 5.17. The smallest absolute Gasteiger partial charge is 0.335 e. The van der Waals surface area contributed by atoms with Crippen LogP contribution in [0.1, 0.15) is 16.4 Å². The fourth-order valence-electron chi connectivity index (χ4n) is 1.98. The van der Waals surface area contributed by atoms with Gasteiger partial charge >= 0.3 is 5.97 Å². The van der Waals surface area contributed by atoms with Gasteiger partial charge in [0.05, 0.1) is 24.8 Å². The average molecular weight is 217 g/mol. The van der Waals surface area contributed by atoms with Crippen LogP contribution in [-0.4, -0.2) is 28.9 Å². The van der Waals surface area contributed by atoms with Crippen LogP contribution in [0.5, 0.6) is 0 Å². The van der Waals surface area contributed by atoms with Crippen molar-refractivity contribution in [1.29, 1.82) is 0 Å². The molecule has 1 aromatic heterocycles. The lowest BCUT2D eigenvalue weighted by atomic mass is 10.1. The third-order valence-corrected chi connectivity index (χ3v) is 2.98. The van der Waals surface area contributed by atoms with Crippen LogP contribution in [0.25, 0.3) is 10.9 Å². The lowest BCUT2D eigenvalue weighted by Crippen LogP contribution is -2.30. The second kappa shape index (κ2) is 3.35. The van der Waals surface area contributed by atoms with Gasteiger partial charge in [-0.3, -0.25) is 0 Å². The Morgan fingerprint density at radius 2 is 2.19 bits per heavy atom. The molecule has 1 saturated heterocycles. The number of carboxylic acids is 1. The molecule has 1 aromatic carbocycles. The zero-order valence-corrected chi connectivity index (χ0v) is 8.59. The minimum Gasteiger partial charge on any atom is -0.478 e. The Hall–Kier alpha value is -1.81. The molecule has 0 bridgehead atoms. The number of hydrogen-bond acceptors (Lipinski definition) is 2. The van der Waals surface area contributed by atoms with Crippen molar-refractivity contribution in [3.8, 4) is 0 Å². The molecule has 0 atom stereocenters. The molecule has 0 amide bonds. The van der Waals surface area contributed by atoms with Gasteiger partial charge < -0.3 is 14.4 Å². The number of hydrogen-bond donors (Lipinski definition) is 1. The highest BCUT2D eigenvalue weighted by Crippen LogP contribution is 2.25. The van der Waals surface area contributed by atoms with Crippen LogP contribution in [0.3, 0.4) is 0 Å². The highest BCUT2D eigenvalue weighted by atomic mass is 16.5. The third kappa shape index (κ3) is 1.31. The molecular weight excluding hydrogens is 206 g/mol. The Balaban J connectivity index is 2.15. The predicted molar refractivity (Wildman–Crippen MR) is 58.8 cm³/mol. The summed E-state index contributed by atoms with van der Waals surface area (Å²) in [5, 5.41) is 10.0. The van der Waals surface area contributed by atoms with E-state index in [-0.39, 0.29) is 0 Å². The molecule has 2 aromatic rings. The molecule has 0 saturated carbocycles. The van der Waals surface area contributed by atoms with Crippen molar-refractivity contribution in [3.05, 3.63) is 36.0 Å². The Morgan fingerprint density at radius 1 is 1.38 bits per heavy atom. The van der Waals surface area contributed by atoms with Crippen LogP contribution in [0, 0.1) is 0 Å². The summed E-state index contributed by atoms with van der Waals surface area (Å²) < 4.78 is 7.24. The molecule has 3 rings (SSSR count). The monoisotopic (exact) mass is 217 g/mol. The van der Waals surface area contributed by atoms with E-state index in [2.05, 4.69) is 4.57 Å². The third-order valence-electron chi connectivity index (χ3n) is 2.98. The Kier molecular flexibility index (Phi) is 1.97. The minimum atomic E-state index is -0.889. The molecule has 0 spiro atoms. The molecule has 1 aliphatic rings. The van der Waals surface area contributed by atoms with E-state index in [4.69, 9.17) is 9.84 Å². The second-order valence-electron chi connectivity index (χ2n) is 3.99. The highest BCUT2D eigenvalue weighted by molar-refractivity contribution is 5.93. The van der Waals surface area contributed by atoms with E-state index in [9.17, 15) is 4.79 Å². The lowest BCUT2D eigenvalue weighted by molar-refractivity contribution is -0.0213. The maximum atomic E-state index is 10.9. The van der Waals surface area contributed by atoms with Gasteiger partial charge in [0.15, 0.2) is 0 Å². The summed E-state index contributed by atoms with van der Waals surface area (Å²) in [6, 6.07) is 7.54. The molecule has 4 nitrogen and oxygen atoms in total. The van der Waals surface area contributed by atoms with Crippen molar-refractivity contribution in [2.45, 2.75) is 6.04 Å². The van der Waals surface area contributed by atoms with Gasteiger partial charge in [0, 0.05) is 11.7 Å². The van der Waals surface area contributed by atoms with Gasteiger partial charge in [0.25, 0.3) is 0 Å². The van der Waals surface area contributed by atoms with Crippen molar-refractivity contribution >= 4 is 16.9 Å². The summed E-state index contributed by atoms with van der Waals surface area (Å²) in [6.45, 7) is 1.42. The summed E-state index contributed by atoms with van der Waals surface area (Å²) in [7, 11) is 0. The first-order valence-corrected chi connectivity index (χ1v) is 5.17. The van der Waals surface area contributed by atoms with Crippen LogP contribution in [0.15, 0.2) is 30.5 Å². The van der Waals surface area contributed by atoms with E-state index in [1.54, 1.807) is 12.1 Å². The molecular formula is C12H11NO3. The van der Waals surface area contributed by atoms with Crippen LogP contribution in [-0.2, 0) is 4.74 Å². The van der Waals surface area contributed by atoms with Crippen LogP contribution >= 0.6 is 0 Å². The number of aromatic nitrogens is 1. The molecule has 1 fully saturated rings. The maximum absolute atomic E-state index is 10.9. The van der Waals surface area contributed by atoms with Crippen molar-refractivity contribution in [3.63, 3.8) is 0 Å². The molecule has 0 aliphatic carbocycles. The summed E-state index contributed by atoms with van der Waals surface area (Å²) >= 11 is 0. The largest absolute Gasteiger partial charge is 0.478 e. The quantitative estimate of drug-likeness (QED) is 0.836. The topological polar surface area (TPSA) is 51.5 Å². The molecule has 0 radical (unpaired) electrons. The van der Waals surface area contributed by atoms with E-state index in [1.165, 1.54) is 0 Å². The molecule has 82 valence electrons. The van der Waals surface area contributed by atoms with Crippen molar-refractivity contribution in [1.82, 2.24) is 4.57 Å². The number of benzene rings is 1. The number of carbonyl (C=O) groups is 1. The van der Waals surface area contributed by atoms with Crippen molar-refractivity contribution in [2.24, 2.45) is 0 Å². The van der Waals surface area contributed by atoms with Crippen LogP contribution < -0.4 is 0 Å². The maximum Gasteiger partial charge on any atom is 0.335 e. The number of fused-ring (bicyclic) bond motifs is 1. The minimum absolute atomic E-state index is 0.327.